The molecule has 0 bridgehead atoms. The molecule has 1 aliphatic carbocycles. The lowest BCUT2D eigenvalue weighted by Gasteiger charge is -2.41. The van der Waals surface area contributed by atoms with Crippen LogP contribution in [-0.2, 0) is 10.3 Å². The normalized spacial score (nSPS) is 16.7. The summed E-state index contributed by atoms with van der Waals surface area (Å²) in [5, 5.41) is 9.70. The molecule has 112 valence electrons. The third-order valence-corrected chi connectivity index (χ3v) is 5.05. The number of thioether (sulfide) groups is 1. The Morgan fingerprint density at radius 1 is 1.52 bits per heavy atom. The van der Waals surface area contributed by atoms with Crippen molar-refractivity contribution in [2.75, 3.05) is 12.9 Å². The predicted molar refractivity (Wildman–Crippen MR) is 82.1 cm³/mol. The standard InChI is InChI=1S/C15H18N2O3S/c1-15(6-3-7-15)17-12-8-10(20-2)4-5-11(12)16-14(17)21-9-13(18)19/h4-5,8H,3,6-7,9H2,1-2H3,(H,18,19). The van der Waals surface area contributed by atoms with Gasteiger partial charge in [-0.1, -0.05) is 11.8 Å². The number of nitrogens with zero attached hydrogens (tertiary/aromatic N) is 2. The van der Waals surface area contributed by atoms with Crippen LogP contribution >= 0.6 is 11.8 Å². The second-order valence-corrected chi connectivity index (χ2v) is 6.56. The van der Waals surface area contributed by atoms with E-state index >= 15 is 0 Å². The van der Waals surface area contributed by atoms with Crippen LogP contribution in [0.25, 0.3) is 11.0 Å². The molecular formula is C15H18N2O3S. The molecule has 0 aliphatic heterocycles. The molecule has 5 nitrogen and oxygen atoms in total. The topological polar surface area (TPSA) is 64.3 Å². The van der Waals surface area contributed by atoms with Gasteiger partial charge in [0.2, 0.25) is 0 Å². The summed E-state index contributed by atoms with van der Waals surface area (Å²) in [7, 11) is 1.65. The quantitative estimate of drug-likeness (QED) is 0.860. The first-order valence-electron chi connectivity index (χ1n) is 6.95. The Morgan fingerprint density at radius 2 is 2.29 bits per heavy atom. The largest absolute Gasteiger partial charge is 0.497 e. The van der Waals surface area contributed by atoms with E-state index in [2.05, 4.69) is 16.5 Å². The lowest BCUT2D eigenvalue weighted by Crippen LogP contribution is -2.37. The average Bonchev–Trinajstić information content (AvgIpc) is 2.80. The van der Waals surface area contributed by atoms with Gasteiger partial charge in [0.15, 0.2) is 5.16 Å². The van der Waals surface area contributed by atoms with Crippen LogP contribution in [0.15, 0.2) is 23.4 Å². The first-order chi connectivity index (χ1) is 10.0. The number of carboxylic acids is 1. The predicted octanol–water partition coefficient (Wildman–Crippen LogP) is 3.12. The molecule has 1 N–H and O–H groups in total. The van der Waals surface area contributed by atoms with Gasteiger partial charge in [-0.2, -0.15) is 0 Å². The molecule has 0 unspecified atom stereocenters. The molecule has 21 heavy (non-hydrogen) atoms. The number of aromatic nitrogens is 2. The van der Waals surface area contributed by atoms with Gasteiger partial charge in [-0.05, 0) is 38.3 Å². The molecular weight excluding hydrogens is 288 g/mol. The number of imidazole rings is 1. The smallest absolute Gasteiger partial charge is 0.313 e. The molecule has 0 atom stereocenters. The van der Waals surface area contributed by atoms with Gasteiger partial charge < -0.3 is 14.4 Å². The van der Waals surface area contributed by atoms with Crippen molar-refractivity contribution < 1.29 is 14.6 Å². The second kappa shape index (κ2) is 5.26. The highest BCUT2D eigenvalue weighted by molar-refractivity contribution is 7.99. The Kier molecular flexibility index (Phi) is 3.57. The highest BCUT2D eigenvalue weighted by atomic mass is 32.2. The monoisotopic (exact) mass is 306 g/mol. The van der Waals surface area contributed by atoms with Crippen LogP contribution in [0.5, 0.6) is 5.75 Å². The van der Waals surface area contributed by atoms with Gasteiger partial charge in [0.1, 0.15) is 5.75 Å². The number of carboxylic acid groups (broad SMARTS) is 1. The number of rotatable bonds is 5. The summed E-state index contributed by atoms with van der Waals surface area (Å²) in [6, 6.07) is 5.79. The third-order valence-electron chi connectivity index (χ3n) is 4.13. The summed E-state index contributed by atoms with van der Waals surface area (Å²) in [4.78, 5) is 15.5. The number of hydrogen-bond acceptors (Lipinski definition) is 4. The van der Waals surface area contributed by atoms with Crippen LogP contribution in [0, 0.1) is 0 Å². The molecule has 1 heterocycles. The lowest BCUT2D eigenvalue weighted by atomic mass is 9.78. The molecule has 6 heteroatoms. The molecule has 0 amide bonds. The van der Waals surface area contributed by atoms with Crippen molar-refractivity contribution in [2.45, 2.75) is 36.9 Å². The maximum atomic E-state index is 10.9. The summed E-state index contributed by atoms with van der Waals surface area (Å²) in [5.41, 5.74) is 1.93. The minimum Gasteiger partial charge on any atom is -0.497 e. The van der Waals surface area contributed by atoms with E-state index in [-0.39, 0.29) is 11.3 Å². The SMILES string of the molecule is COc1ccc2nc(SCC(=O)O)n(C3(C)CCC3)c2c1. The fourth-order valence-corrected chi connectivity index (χ4v) is 3.68. The molecule has 1 fully saturated rings. The van der Waals surface area contributed by atoms with Crippen molar-refractivity contribution in [1.29, 1.82) is 0 Å². The minimum atomic E-state index is -0.824. The van der Waals surface area contributed by atoms with Crippen LogP contribution in [0.1, 0.15) is 26.2 Å². The second-order valence-electron chi connectivity index (χ2n) is 5.62. The van der Waals surface area contributed by atoms with E-state index in [9.17, 15) is 4.79 Å². The average molecular weight is 306 g/mol. The van der Waals surface area contributed by atoms with E-state index in [0.29, 0.717) is 0 Å². The molecule has 1 saturated carbocycles. The van der Waals surface area contributed by atoms with Crippen LogP contribution in [-0.4, -0.2) is 33.5 Å². The molecule has 2 aromatic rings. The minimum absolute atomic E-state index is 0.0243. The molecule has 0 radical (unpaired) electrons. The van der Waals surface area contributed by atoms with E-state index in [1.54, 1.807) is 7.11 Å². The first-order valence-corrected chi connectivity index (χ1v) is 7.94. The number of methoxy groups -OCH3 is 1. The van der Waals surface area contributed by atoms with Gasteiger partial charge in [-0.15, -0.1) is 0 Å². The molecule has 1 aromatic heterocycles. The fraction of sp³-hybridized carbons (Fsp3) is 0.467. The highest BCUT2D eigenvalue weighted by Gasteiger charge is 2.37. The van der Waals surface area contributed by atoms with E-state index in [0.717, 1.165) is 34.8 Å². The lowest BCUT2D eigenvalue weighted by molar-refractivity contribution is -0.133. The molecule has 1 aliphatic rings. The van der Waals surface area contributed by atoms with Crippen molar-refractivity contribution in [3.63, 3.8) is 0 Å². The molecule has 0 saturated heterocycles. The van der Waals surface area contributed by atoms with Crippen molar-refractivity contribution in [2.24, 2.45) is 0 Å². The summed E-state index contributed by atoms with van der Waals surface area (Å²) in [5.74, 6) is -0.00685. The maximum absolute atomic E-state index is 10.9. The Morgan fingerprint density at radius 3 is 2.86 bits per heavy atom. The number of fused-ring (bicyclic) bond motifs is 1. The number of aliphatic carboxylic acids is 1. The van der Waals surface area contributed by atoms with Crippen LogP contribution in [0.2, 0.25) is 0 Å². The number of hydrogen-bond donors (Lipinski definition) is 1. The number of ether oxygens (including phenoxy) is 1. The van der Waals surface area contributed by atoms with Gasteiger partial charge in [-0.3, -0.25) is 4.79 Å². The van der Waals surface area contributed by atoms with Crippen LogP contribution in [0.3, 0.4) is 0 Å². The Hall–Kier alpha value is -1.69. The van der Waals surface area contributed by atoms with E-state index < -0.39 is 5.97 Å². The summed E-state index contributed by atoms with van der Waals surface area (Å²) < 4.78 is 7.50. The molecule has 3 rings (SSSR count). The Labute approximate surface area is 127 Å². The highest BCUT2D eigenvalue weighted by Crippen LogP contribution is 2.43. The van der Waals surface area contributed by atoms with Gasteiger partial charge in [0.25, 0.3) is 0 Å². The Bertz CT molecular complexity index is 692. The first kappa shape index (κ1) is 14.3. The van der Waals surface area contributed by atoms with E-state index in [4.69, 9.17) is 9.84 Å². The van der Waals surface area contributed by atoms with Crippen molar-refractivity contribution >= 4 is 28.8 Å². The van der Waals surface area contributed by atoms with Gasteiger partial charge >= 0.3 is 5.97 Å². The Balaban J connectivity index is 2.12. The van der Waals surface area contributed by atoms with Crippen LogP contribution < -0.4 is 4.74 Å². The number of carbonyl (C=O) groups is 1. The van der Waals surface area contributed by atoms with Crippen molar-refractivity contribution in [1.82, 2.24) is 9.55 Å². The third kappa shape index (κ3) is 2.48. The van der Waals surface area contributed by atoms with Crippen molar-refractivity contribution in [3.8, 4) is 5.75 Å². The number of benzene rings is 1. The maximum Gasteiger partial charge on any atom is 0.313 e. The summed E-state index contributed by atoms with van der Waals surface area (Å²) in [6.07, 6.45) is 3.38. The van der Waals surface area contributed by atoms with Gasteiger partial charge in [0, 0.05) is 11.6 Å². The zero-order valence-corrected chi connectivity index (χ0v) is 12.9. The van der Waals surface area contributed by atoms with Crippen LogP contribution in [0.4, 0.5) is 0 Å². The van der Waals surface area contributed by atoms with Gasteiger partial charge in [0.05, 0.1) is 23.9 Å². The van der Waals surface area contributed by atoms with Gasteiger partial charge in [-0.25, -0.2) is 4.98 Å². The van der Waals surface area contributed by atoms with E-state index in [1.165, 1.54) is 18.2 Å². The van der Waals surface area contributed by atoms with E-state index in [1.807, 2.05) is 18.2 Å². The zero-order chi connectivity index (χ0) is 15.0. The summed E-state index contributed by atoms with van der Waals surface area (Å²) >= 11 is 1.28. The molecule has 1 aromatic carbocycles. The van der Waals surface area contributed by atoms with Crippen molar-refractivity contribution in [3.05, 3.63) is 18.2 Å². The molecule has 0 spiro atoms. The fourth-order valence-electron chi connectivity index (χ4n) is 2.82. The summed E-state index contributed by atoms with van der Waals surface area (Å²) in [6.45, 7) is 2.21. The zero-order valence-electron chi connectivity index (χ0n) is 12.1.